The molecular weight excluding hydrogens is 304 g/mol. The normalized spacial score (nSPS) is 25.4. The minimum absolute atomic E-state index is 0.292. The van der Waals surface area contributed by atoms with Crippen molar-refractivity contribution in [1.82, 2.24) is 0 Å². The number of hydrogen-bond donors (Lipinski definition) is 0. The van der Waals surface area contributed by atoms with Crippen LogP contribution >= 0.6 is 0 Å². The van der Waals surface area contributed by atoms with E-state index in [1.165, 1.54) is 19.3 Å². The lowest BCUT2D eigenvalue weighted by molar-refractivity contribution is 0.0525. The summed E-state index contributed by atoms with van der Waals surface area (Å²) in [5.74, 6) is 0. The first-order valence-electron chi connectivity index (χ1n) is 9.01. The first-order chi connectivity index (χ1) is 9.66. The highest BCUT2D eigenvalue weighted by Crippen LogP contribution is 2.41. The topological polar surface area (TPSA) is 18.5 Å². The Morgan fingerprint density at radius 2 is 1.00 bits per heavy atom. The molecule has 4 heteroatoms. The first kappa shape index (κ1) is 20.4. The third kappa shape index (κ3) is 5.18. The Kier molecular flexibility index (Phi) is 6.21. The third-order valence-corrected chi connectivity index (χ3v) is 15.2. The van der Waals surface area contributed by atoms with E-state index in [1.54, 1.807) is 0 Å². The molecule has 1 aliphatic carbocycles. The van der Waals surface area contributed by atoms with Crippen molar-refractivity contribution in [2.24, 2.45) is 0 Å². The van der Waals surface area contributed by atoms with E-state index >= 15 is 0 Å². The SMILES string of the molecule is CC(C)(C)[Si](C)(C)OC1CCCC(O[Si](C)(C)C(C)(C)C)C1. The maximum absolute atomic E-state index is 6.65. The molecule has 0 amide bonds. The predicted molar refractivity (Wildman–Crippen MR) is 103 cm³/mol. The van der Waals surface area contributed by atoms with Crippen LogP contribution in [0.15, 0.2) is 0 Å². The molecule has 1 fully saturated rings. The van der Waals surface area contributed by atoms with Crippen molar-refractivity contribution in [3.8, 4) is 0 Å². The zero-order valence-corrected chi connectivity index (χ0v) is 18.8. The predicted octanol–water partition coefficient (Wildman–Crippen LogP) is 6.34. The van der Waals surface area contributed by atoms with Crippen LogP contribution in [0, 0.1) is 0 Å². The molecular formula is C18H40O2Si2. The van der Waals surface area contributed by atoms with Gasteiger partial charge in [0, 0.05) is 12.2 Å². The Balaban J connectivity index is 2.66. The van der Waals surface area contributed by atoms with Gasteiger partial charge >= 0.3 is 0 Å². The highest BCUT2D eigenvalue weighted by Gasteiger charge is 2.42. The van der Waals surface area contributed by atoms with Gasteiger partial charge in [-0.15, -0.1) is 0 Å². The zero-order chi connectivity index (χ0) is 17.4. The maximum atomic E-state index is 6.65. The molecule has 0 saturated heterocycles. The summed E-state index contributed by atoms with van der Waals surface area (Å²) in [5.41, 5.74) is 0. The molecule has 0 spiro atoms. The lowest BCUT2D eigenvalue weighted by atomic mass is 9.95. The van der Waals surface area contributed by atoms with E-state index in [1.807, 2.05) is 0 Å². The molecule has 22 heavy (non-hydrogen) atoms. The van der Waals surface area contributed by atoms with Gasteiger partial charge in [0.2, 0.25) is 0 Å². The van der Waals surface area contributed by atoms with Gasteiger partial charge in [-0.3, -0.25) is 0 Å². The maximum Gasteiger partial charge on any atom is 0.192 e. The van der Waals surface area contributed by atoms with Crippen LogP contribution < -0.4 is 0 Å². The number of hydrogen-bond acceptors (Lipinski definition) is 2. The fourth-order valence-electron chi connectivity index (χ4n) is 2.50. The highest BCUT2D eigenvalue weighted by molar-refractivity contribution is 6.74. The summed E-state index contributed by atoms with van der Waals surface area (Å²) in [7, 11) is -3.32. The van der Waals surface area contributed by atoms with E-state index in [0.29, 0.717) is 22.3 Å². The van der Waals surface area contributed by atoms with Crippen LogP contribution in [0.1, 0.15) is 67.2 Å². The van der Waals surface area contributed by atoms with Gasteiger partial charge in [0.05, 0.1) is 0 Å². The molecule has 0 aromatic heterocycles. The van der Waals surface area contributed by atoms with Crippen LogP contribution in [0.2, 0.25) is 36.3 Å². The van der Waals surface area contributed by atoms with Gasteiger partial charge in [0.1, 0.15) is 0 Å². The second-order valence-corrected chi connectivity index (χ2v) is 19.7. The lowest BCUT2D eigenvalue weighted by Crippen LogP contribution is -2.48. The Morgan fingerprint density at radius 1 is 0.682 bits per heavy atom. The third-order valence-electron chi connectivity index (χ3n) is 6.11. The molecule has 1 saturated carbocycles. The average Bonchev–Trinajstić information content (AvgIpc) is 2.24. The van der Waals surface area contributed by atoms with Crippen molar-refractivity contribution in [1.29, 1.82) is 0 Å². The van der Waals surface area contributed by atoms with Crippen molar-refractivity contribution in [2.45, 2.75) is 116 Å². The van der Waals surface area contributed by atoms with Crippen molar-refractivity contribution < 1.29 is 8.85 Å². The van der Waals surface area contributed by atoms with Crippen molar-refractivity contribution in [3.63, 3.8) is 0 Å². The first-order valence-corrected chi connectivity index (χ1v) is 14.8. The molecule has 0 aliphatic heterocycles. The largest absolute Gasteiger partial charge is 0.414 e. The summed E-state index contributed by atoms with van der Waals surface area (Å²) < 4.78 is 13.3. The summed E-state index contributed by atoms with van der Waals surface area (Å²) in [4.78, 5) is 0. The molecule has 1 rings (SSSR count). The molecule has 2 nitrogen and oxygen atoms in total. The highest BCUT2D eigenvalue weighted by atomic mass is 28.4. The van der Waals surface area contributed by atoms with Gasteiger partial charge in [-0.05, 0) is 61.9 Å². The molecule has 0 bridgehead atoms. The molecule has 132 valence electrons. The summed E-state index contributed by atoms with van der Waals surface area (Å²) >= 11 is 0. The second-order valence-electron chi connectivity index (χ2n) is 10.2. The minimum Gasteiger partial charge on any atom is -0.414 e. The van der Waals surface area contributed by atoms with E-state index in [4.69, 9.17) is 8.85 Å². The van der Waals surface area contributed by atoms with Gasteiger partial charge in [-0.1, -0.05) is 41.5 Å². The quantitative estimate of drug-likeness (QED) is 0.554. The summed E-state index contributed by atoms with van der Waals surface area (Å²) in [6.45, 7) is 23.4. The summed E-state index contributed by atoms with van der Waals surface area (Å²) in [5, 5.41) is 0.584. The van der Waals surface area contributed by atoms with Crippen LogP contribution in [-0.4, -0.2) is 28.8 Å². The van der Waals surface area contributed by atoms with Crippen LogP contribution in [0.3, 0.4) is 0 Å². The Labute approximate surface area is 141 Å². The fourth-order valence-corrected chi connectivity index (χ4v) is 5.31. The van der Waals surface area contributed by atoms with Crippen LogP contribution in [0.4, 0.5) is 0 Å². The van der Waals surface area contributed by atoms with Gasteiger partial charge < -0.3 is 8.85 Å². The fraction of sp³-hybridized carbons (Fsp3) is 1.00. The molecule has 0 N–H and O–H groups in total. The lowest BCUT2D eigenvalue weighted by Gasteiger charge is -2.44. The second kappa shape index (κ2) is 6.69. The summed E-state index contributed by atoms with van der Waals surface area (Å²) in [6.07, 6.45) is 5.58. The molecule has 0 aromatic carbocycles. The molecule has 0 heterocycles. The molecule has 0 aromatic rings. The van der Waals surface area contributed by atoms with E-state index < -0.39 is 16.6 Å². The van der Waals surface area contributed by atoms with Crippen LogP contribution in [-0.2, 0) is 8.85 Å². The standard InChI is InChI=1S/C18H40O2Si2/c1-17(2,3)21(7,8)19-15-12-11-13-16(14-15)20-22(9,10)18(4,5)6/h15-16H,11-14H2,1-10H3. The van der Waals surface area contributed by atoms with Gasteiger partial charge in [0.25, 0.3) is 0 Å². The van der Waals surface area contributed by atoms with Gasteiger partial charge in [0.15, 0.2) is 16.6 Å². The average molecular weight is 345 g/mol. The Hall–Kier alpha value is 0.354. The van der Waals surface area contributed by atoms with Gasteiger partial charge in [-0.2, -0.15) is 0 Å². The van der Waals surface area contributed by atoms with E-state index in [-0.39, 0.29) is 0 Å². The molecule has 2 atom stereocenters. The van der Waals surface area contributed by atoms with Gasteiger partial charge in [-0.25, -0.2) is 0 Å². The Bertz CT molecular complexity index is 330. The minimum atomic E-state index is -1.66. The van der Waals surface area contributed by atoms with Crippen molar-refractivity contribution in [2.75, 3.05) is 0 Å². The van der Waals surface area contributed by atoms with E-state index in [2.05, 4.69) is 67.7 Å². The monoisotopic (exact) mass is 344 g/mol. The Morgan fingerprint density at radius 3 is 1.27 bits per heavy atom. The summed E-state index contributed by atoms with van der Waals surface area (Å²) in [6, 6.07) is 0. The smallest absolute Gasteiger partial charge is 0.192 e. The molecule has 1 aliphatic rings. The molecule has 2 unspecified atom stereocenters. The number of rotatable bonds is 4. The van der Waals surface area contributed by atoms with E-state index in [0.717, 1.165) is 6.42 Å². The van der Waals surface area contributed by atoms with Crippen LogP contribution in [0.25, 0.3) is 0 Å². The van der Waals surface area contributed by atoms with Crippen molar-refractivity contribution >= 4 is 16.6 Å². The van der Waals surface area contributed by atoms with Crippen LogP contribution in [0.5, 0.6) is 0 Å². The van der Waals surface area contributed by atoms with E-state index in [9.17, 15) is 0 Å². The molecule has 0 radical (unpaired) electrons. The van der Waals surface area contributed by atoms with Crippen molar-refractivity contribution in [3.05, 3.63) is 0 Å². The zero-order valence-electron chi connectivity index (χ0n) is 16.8.